The molecule has 0 radical (unpaired) electrons. The number of aryl methyl sites for hydroxylation is 1. The normalized spacial score (nSPS) is 10.4. The van der Waals surface area contributed by atoms with Gasteiger partial charge in [-0.3, -0.25) is 0 Å². The maximum atomic E-state index is 11.6. The van der Waals surface area contributed by atoms with Crippen molar-refractivity contribution in [3.8, 4) is 11.5 Å². The summed E-state index contributed by atoms with van der Waals surface area (Å²) in [6.45, 7) is 1.65. The summed E-state index contributed by atoms with van der Waals surface area (Å²) >= 11 is 0.836. The van der Waals surface area contributed by atoms with Gasteiger partial charge in [0.2, 0.25) is 0 Å². The number of carboxylic acid groups (broad SMARTS) is 1. The number of benzene rings is 1. The highest BCUT2D eigenvalue weighted by atomic mass is 32.2. The SMILES string of the molecule is COc1cc(C)c(OC(=O)SN(C)C)c(C(=O)O)c1. The van der Waals surface area contributed by atoms with Crippen molar-refractivity contribution in [2.45, 2.75) is 6.92 Å². The van der Waals surface area contributed by atoms with Gasteiger partial charge in [0.15, 0.2) is 0 Å². The molecular weight excluding hydrogens is 270 g/mol. The largest absolute Gasteiger partial charge is 0.497 e. The van der Waals surface area contributed by atoms with Crippen LogP contribution in [0, 0.1) is 6.92 Å². The lowest BCUT2D eigenvalue weighted by Crippen LogP contribution is -2.13. The molecule has 0 saturated heterocycles. The second kappa shape index (κ2) is 6.44. The lowest BCUT2D eigenvalue weighted by molar-refractivity contribution is 0.0694. The van der Waals surface area contributed by atoms with Gasteiger partial charge in [-0.25, -0.2) is 13.9 Å². The number of rotatable bonds is 4. The Balaban J connectivity index is 3.11. The third-order valence-corrected chi connectivity index (χ3v) is 2.75. The van der Waals surface area contributed by atoms with E-state index in [1.807, 2.05) is 0 Å². The zero-order valence-corrected chi connectivity index (χ0v) is 11.9. The van der Waals surface area contributed by atoms with Gasteiger partial charge in [-0.05, 0) is 38.7 Å². The Morgan fingerprint density at radius 2 is 1.95 bits per heavy atom. The Morgan fingerprint density at radius 1 is 1.32 bits per heavy atom. The quantitative estimate of drug-likeness (QED) is 0.672. The molecule has 0 aliphatic carbocycles. The first kappa shape index (κ1) is 15.3. The zero-order chi connectivity index (χ0) is 14.6. The van der Waals surface area contributed by atoms with Crippen LogP contribution in [0.4, 0.5) is 4.79 Å². The van der Waals surface area contributed by atoms with Gasteiger partial charge >= 0.3 is 11.3 Å². The van der Waals surface area contributed by atoms with Crippen LogP contribution in [-0.2, 0) is 0 Å². The fraction of sp³-hybridized carbons (Fsp3) is 0.333. The molecule has 0 spiro atoms. The van der Waals surface area contributed by atoms with Crippen molar-refractivity contribution in [1.29, 1.82) is 0 Å². The first-order chi connectivity index (χ1) is 8.85. The molecule has 1 rings (SSSR count). The number of methoxy groups -OCH3 is 1. The molecule has 0 atom stereocenters. The van der Waals surface area contributed by atoms with Gasteiger partial charge in [-0.15, -0.1) is 0 Å². The number of ether oxygens (including phenoxy) is 2. The van der Waals surface area contributed by atoms with Crippen molar-refractivity contribution < 1.29 is 24.2 Å². The van der Waals surface area contributed by atoms with Crippen LogP contribution in [-0.4, -0.2) is 41.9 Å². The number of carboxylic acids is 1. The highest BCUT2D eigenvalue weighted by Crippen LogP contribution is 2.30. The van der Waals surface area contributed by atoms with Gasteiger partial charge < -0.3 is 14.6 Å². The van der Waals surface area contributed by atoms with E-state index in [-0.39, 0.29) is 11.3 Å². The van der Waals surface area contributed by atoms with E-state index in [1.165, 1.54) is 13.2 Å². The molecule has 104 valence electrons. The molecule has 0 aliphatic rings. The number of nitrogens with zero attached hydrogens (tertiary/aromatic N) is 1. The monoisotopic (exact) mass is 285 g/mol. The molecule has 7 heteroatoms. The zero-order valence-electron chi connectivity index (χ0n) is 11.1. The van der Waals surface area contributed by atoms with Crippen LogP contribution in [0.3, 0.4) is 0 Å². The smallest absolute Gasteiger partial charge is 0.388 e. The van der Waals surface area contributed by atoms with E-state index >= 15 is 0 Å². The third-order valence-electron chi connectivity index (χ3n) is 2.16. The lowest BCUT2D eigenvalue weighted by Gasteiger charge is -2.13. The lowest BCUT2D eigenvalue weighted by atomic mass is 10.1. The second-order valence-electron chi connectivity index (χ2n) is 3.88. The Morgan fingerprint density at radius 3 is 2.42 bits per heavy atom. The fourth-order valence-electron chi connectivity index (χ4n) is 1.40. The number of hydrogen-bond acceptors (Lipinski definition) is 6. The molecule has 0 unspecified atom stereocenters. The van der Waals surface area contributed by atoms with Crippen LogP contribution >= 0.6 is 11.9 Å². The van der Waals surface area contributed by atoms with Crippen molar-refractivity contribution >= 4 is 23.2 Å². The van der Waals surface area contributed by atoms with Crippen molar-refractivity contribution in [2.24, 2.45) is 0 Å². The second-order valence-corrected chi connectivity index (χ2v) is 5.13. The Labute approximate surface area is 115 Å². The van der Waals surface area contributed by atoms with Crippen LogP contribution in [0.25, 0.3) is 0 Å². The van der Waals surface area contributed by atoms with Gasteiger partial charge in [0.1, 0.15) is 17.1 Å². The van der Waals surface area contributed by atoms with Crippen LogP contribution in [0.15, 0.2) is 12.1 Å². The van der Waals surface area contributed by atoms with Crippen molar-refractivity contribution in [3.63, 3.8) is 0 Å². The molecule has 6 nitrogen and oxygen atoms in total. The first-order valence-corrected chi connectivity index (χ1v) is 6.11. The summed E-state index contributed by atoms with van der Waals surface area (Å²) in [4.78, 5) is 22.8. The van der Waals surface area contributed by atoms with Gasteiger partial charge in [-0.2, -0.15) is 0 Å². The Hall–Kier alpha value is -1.73. The number of aromatic carboxylic acids is 1. The molecule has 1 aromatic carbocycles. The van der Waals surface area contributed by atoms with E-state index in [2.05, 4.69) is 0 Å². The maximum Gasteiger partial charge on any atom is 0.388 e. The summed E-state index contributed by atoms with van der Waals surface area (Å²) in [7, 11) is 4.81. The summed E-state index contributed by atoms with van der Waals surface area (Å²) in [5, 5.41) is 8.54. The summed E-state index contributed by atoms with van der Waals surface area (Å²) < 4.78 is 11.6. The molecule has 0 aliphatic heterocycles. The minimum absolute atomic E-state index is 0.0349. The minimum Gasteiger partial charge on any atom is -0.497 e. The molecule has 0 saturated carbocycles. The highest BCUT2D eigenvalue weighted by Gasteiger charge is 2.19. The minimum atomic E-state index is -1.18. The van der Waals surface area contributed by atoms with Crippen LogP contribution in [0.2, 0.25) is 0 Å². The molecule has 19 heavy (non-hydrogen) atoms. The van der Waals surface area contributed by atoms with E-state index in [0.717, 1.165) is 11.9 Å². The molecule has 0 fully saturated rings. The molecule has 0 bridgehead atoms. The van der Waals surface area contributed by atoms with Crippen LogP contribution in [0.1, 0.15) is 15.9 Å². The number of hydrogen-bond donors (Lipinski definition) is 1. The molecule has 0 aromatic heterocycles. The molecule has 0 heterocycles. The molecular formula is C12H15NO5S. The van der Waals surface area contributed by atoms with Crippen LogP contribution < -0.4 is 9.47 Å². The van der Waals surface area contributed by atoms with E-state index in [9.17, 15) is 9.59 Å². The summed E-state index contributed by atoms with van der Waals surface area (Å²) in [6.07, 6.45) is 0. The van der Waals surface area contributed by atoms with Crippen LogP contribution in [0.5, 0.6) is 11.5 Å². The highest BCUT2D eigenvalue weighted by molar-refractivity contribution is 8.11. The van der Waals surface area contributed by atoms with E-state index in [4.69, 9.17) is 14.6 Å². The first-order valence-electron chi connectivity index (χ1n) is 5.34. The molecule has 1 N–H and O–H groups in total. The van der Waals surface area contributed by atoms with Crippen molar-refractivity contribution in [2.75, 3.05) is 21.2 Å². The average Bonchev–Trinajstić information content (AvgIpc) is 2.29. The Bertz CT molecular complexity index is 501. The van der Waals surface area contributed by atoms with E-state index in [0.29, 0.717) is 11.3 Å². The van der Waals surface area contributed by atoms with E-state index < -0.39 is 11.3 Å². The number of carbonyl (C=O) groups is 2. The third kappa shape index (κ3) is 4.15. The van der Waals surface area contributed by atoms with Crippen molar-refractivity contribution in [3.05, 3.63) is 23.3 Å². The fourth-order valence-corrected chi connectivity index (χ4v) is 1.82. The summed E-state index contributed by atoms with van der Waals surface area (Å²) in [5.74, 6) is -0.748. The maximum absolute atomic E-state index is 11.6. The topological polar surface area (TPSA) is 76.1 Å². The molecule has 1 aromatic rings. The standard InChI is InChI=1S/C12H15NO5S/c1-7-5-8(17-4)6-9(11(14)15)10(7)18-12(16)19-13(2)3/h5-6H,1-4H3,(H,14,15). The predicted octanol–water partition coefficient (Wildman–Crippen LogP) is 2.41. The van der Waals surface area contributed by atoms with Gasteiger partial charge in [0.25, 0.3) is 0 Å². The van der Waals surface area contributed by atoms with Gasteiger partial charge in [0.05, 0.1) is 7.11 Å². The summed E-state index contributed by atoms with van der Waals surface area (Å²) in [5.41, 5.74) is 0.411. The van der Waals surface area contributed by atoms with Gasteiger partial charge in [0, 0.05) is 11.9 Å². The molecule has 0 amide bonds. The van der Waals surface area contributed by atoms with Gasteiger partial charge in [-0.1, -0.05) is 0 Å². The van der Waals surface area contributed by atoms with E-state index in [1.54, 1.807) is 31.4 Å². The van der Waals surface area contributed by atoms with Crippen molar-refractivity contribution in [1.82, 2.24) is 4.31 Å². The Kier molecular flexibility index (Phi) is 5.20. The summed E-state index contributed by atoms with van der Waals surface area (Å²) in [6, 6.07) is 2.92. The predicted molar refractivity (Wildman–Crippen MR) is 72.0 cm³/mol. The average molecular weight is 285 g/mol. The number of carbonyl (C=O) groups excluding carboxylic acids is 1.